The van der Waals surface area contributed by atoms with Crippen LogP contribution in [0.3, 0.4) is 0 Å². The number of nitrogens with one attached hydrogen (secondary N) is 1. The largest absolute Gasteiger partial charge is 0.490 e. The lowest BCUT2D eigenvalue weighted by atomic mass is 9.87. The maximum Gasteiger partial charge on any atom is 0.251 e. The summed E-state index contributed by atoms with van der Waals surface area (Å²) in [6.45, 7) is 0.670. The van der Waals surface area contributed by atoms with Crippen LogP contribution in [-0.4, -0.2) is 23.5 Å². The standard InChI is InChI=1S/C24H23N3O2/c25-15-17-5-9-19(10-6-17)24(28)27-16-18-7-11-20(12-8-18)29-23-13-14-26-22-4-2-1-3-21(22)23/h1-6,9-10,13-14,18,20H,7-8,11-12,16H2,(H,27,28). The molecule has 1 heterocycles. The number of hydrogen-bond donors (Lipinski definition) is 1. The first-order valence-corrected chi connectivity index (χ1v) is 10.0. The molecule has 5 nitrogen and oxygen atoms in total. The number of ether oxygens (including phenoxy) is 1. The number of pyridine rings is 1. The number of hydrogen-bond acceptors (Lipinski definition) is 4. The Morgan fingerprint density at radius 3 is 2.59 bits per heavy atom. The summed E-state index contributed by atoms with van der Waals surface area (Å²) in [6.07, 6.45) is 6.01. The van der Waals surface area contributed by atoms with Gasteiger partial charge in [0.05, 0.1) is 23.3 Å². The summed E-state index contributed by atoms with van der Waals surface area (Å²) in [6, 6.07) is 18.7. The molecule has 3 aromatic rings. The molecule has 0 aliphatic heterocycles. The fourth-order valence-electron chi connectivity index (χ4n) is 3.84. The summed E-state index contributed by atoms with van der Waals surface area (Å²) in [7, 11) is 0. The van der Waals surface area contributed by atoms with Crippen LogP contribution in [0.1, 0.15) is 41.6 Å². The molecule has 1 aliphatic rings. The predicted octanol–water partition coefficient (Wildman–Crippen LogP) is 4.47. The van der Waals surface area contributed by atoms with Gasteiger partial charge in [-0.3, -0.25) is 9.78 Å². The zero-order valence-electron chi connectivity index (χ0n) is 16.2. The lowest BCUT2D eigenvalue weighted by Crippen LogP contribution is -2.33. The van der Waals surface area contributed by atoms with Crippen molar-refractivity contribution >= 4 is 16.8 Å². The van der Waals surface area contributed by atoms with Crippen LogP contribution in [0, 0.1) is 17.2 Å². The normalized spacial score (nSPS) is 18.7. The van der Waals surface area contributed by atoms with Crippen molar-refractivity contribution in [1.29, 1.82) is 5.26 Å². The van der Waals surface area contributed by atoms with Gasteiger partial charge in [-0.25, -0.2) is 0 Å². The van der Waals surface area contributed by atoms with Gasteiger partial charge in [-0.05, 0) is 74.1 Å². The van der Waals surface area contributed by atoms with Crippen LogP contribution in [0.25, 0.3) is 10.9 Å². The van der Waals surface area contributed by atoms with Crippen LogP contribution in [0.5, 0.6) is 5.75 Å². The molecule has 1 N–H and O–H groups in total. The Kier molecular flexibility index (Phi) is 5.71. The summed E-state index contributed by atoms with van der Waals surface area (Å²) in [5.41, 5.74) is 2.09. The third kappa shape index (κ3) is 4.55. The Balaban J connectivity index is 1.27. The second kappa shape index (κ2) is 8.74. The van der Waals surface area contributed by atoms with Gasteiger partial charge in [0.15, 0.2) is 0 Å². The van der Waals surface area contributed by atoms with Gasteiger partial charge in [-0.1, -0.05) is 12.1 Å². The van der Waals surface area contributed by atoms with E-state index >= 15 is 0 Å². The molecule has 0 bridgehead atoms. The molecule has 0 atom stereocenters. The van der Waals surface area contributed by atoms with Crippen molar-refractivity contribution in [2.45, 2.75) is 31.8 Å². The minimum atomic E-state index is -0.0869. The number of amides is 1. The SMILES string of the molecule is N#Cc1ccc(C(=O)NCC2CCC(Oc3ccnc4ccccc34)CC2)cc1. The Labute approximate surface area is 170 Å². The van der Waals surface area contributed by atoms with Crippen LogP contribution < -0.4 is 10.1 Å². The zero-order chi connectivity index (χ0) is 20.1. The second-order valence-electron chi connectivity index (χ2n) is 7.49. The monoisotopic (exact) mass is 385 g/mol. The molecule has 4 rings (SSSR count). The number of nitrogens with zero attached hydrogens (tertiary/aromatic N) is 2. The van der Waals surface area contributed by atoms with Crippen molar-refractivity contribution in [3.63, 3.8) is 0 Å². The highest BCUT2D eigenvalue weighted by atomic mass is 16.5. The number of fused-ring (bicyclic) bond motifs is 1. The highest BCUT2D eigenvalue weighted by molar-refractivity contribution is 5.94. The molecule has 146 valence electrons. The number of rotatable bonds is 5. The summed E-state index contributed by atoms with van der Waals surface area (Å²) in [5, 5.41) is 12.9. The molecule has 0 unspecified atom stereocenters. The van der Waals surface area contributed by atoms with Crippen molar-refractivity contribution in [1.82, 2.24) is 10.3 Å². The molecule has 0 spiro atoms. The second-order valence-corrected chi connectivity index (χ2v) is 7.49. The van der Waals surface area contributed by atoms with Crippen LogP contribution in [-0.2, 0) is 0 Å². The number of benzene rings is 2. The Bertz CT molecular complexity index is 1030. The first kappa shape index (κ1) is 18.9. The van der Waals surface area contributed by atoms with E-state index in [1.54, 1.807) is 30.5 Å². The highest BCUT2D eigenvalue weighted by Crippen LogP contribution is 2.30. The first-order valence-electron chi connectivity index (χ1n) is 10.0. The molecule has 1 saturated carbocycles. The maximum atomic E-state index is 12.3. The van der Waals surface area contributed by atoms with Crippen LogP contribution in [0.15, 0.2) is 60.8 Å². The molecule has 0 saturated heterocycles. The van der Waals surface area contributed by atoms with Gasteiger partial charge in [0.2, 0.25) is 0 Å². The molecule has 1 amide bonds. The average molecular weight is 385 g/mol. The molecular formula is C24H23N3O2. The molecule has 1 aliphatic carbocycles. The van der Waals surface area contributed by atoms with Gasteiger partial charge in [0, 0.05) is 23.7 Å². The number of carbonyl (C=O) groups excluding carboxylic acids is 1. The van der Waals surface area contributed by atoms with Gasteiger partial charge < -0.3 is 10.1 Å². The van der Waals surface area contributed by atoms with Gasteiger partial charge in [-0.2, -0.15) is 5.26 Å². The van der Waals surface area contributed by atoms with Crippen LogP contribution in [0.4, 0.5) is 0 Å². The number of para-hydroxylation sites is 1. The third-order valence-electron chi connectivity index (χ3n) is 5.52. The van der Waals surface area contributed by atoms with E-state index in [0.717, 1.165) is 42.3 Å². The quantitative estimate of drug-likeness (QED) is 0.703. The number of carbonyl (C=O) groups is 1. The van der Waals surface area contributed by atoms with E-state index in [2.05, 4.69) is 16.4 Å². The fraction of sp³-hybridized carbons (Fsp3) is 0.292. The molecule has 1 fully saturated rings. The van der Waals surface area contributed by atoms with E-state index in [1.807, 2.05) is 30.3 Å². The third-order valence-corrected chi connectivity index (χ3v) is 5.52. The molecule has 1 aromatic heterocycles. The summed E-state index contributed by atoms with van der Waals surface area (Å²) < 4.78 is 6.28. The zero-order valence-corrected chi connectivity index (χ0v) is 16.2. The maximum absolute atomic E-state index is 12.3. The van der Waals surface area contributed by atoms with Gasteiger partial charge in [0.1, 0.15) is 5.75 Å². The van der Waals surface area contributed by atoms with E-state index in [9.17, 15) is 4.79 Å². The summed E-state index contributed by atoms with van der Waals surface area (Å²) in [4.78, 5) is 16.7. The predicted molar refractivity (Wildman–Crippen MR) is 112 cm³/mol. The number of nitriles is 1. The lowest BCUT2D eigenvalue weighted by molar-refractivity contribution is 0.0929. The smallest absolute Gasteiger partial charge is 0.251 e. The average Bonchev–Trinajstić information content (AvgIpc) is 2.79. The van der Waals surface area contributed by atoms with Gasteiger partial charge in [-0.15, -0.1) is 0 Å². The minimum Gasteiger partial charge on any atom is -0.490 e. The van der Waals surface area contributed by atoms with E-state index < -0.39 is 0 Å². The topological polar surface area (TPSA) is 75.0 Å². The van der Waals surface area contributed by atoms with E-state index in [-0.39, 0.29) is 12.0 Å². The van der Waals surface area contributed by atoms with Crippen molar-refractivity contribution in [2.24, 2.45) is 5.92 Å². The highest BCUT2D eigenvalue weighted by Gasteiger charge is 2.23. The molecular weight excluding hydrogens is 362 g/mol. The molecule has 2 aromatic carbocycles. The Morgan fingerprint density at radius 2 is 1.83 bits per heavy atom. The van der Waals surface area contributed by atoms with Crippen molar-refractivity contribution in [3.8, 4) is 11.8 Å². The van der Waals surface area contributed by atoms with E-state index in [1.165, 1.54) is 0 Å². The fourth-order valence-corrected chi connectivity index (χ4v) is 3.84. The Morgan fingerprint density at radius 1 is 1.07 bits per heavy atom. The first-order chi connectivity index (χ1) is 14.2. The molecule has 29 heavy (non-hydrogen) atoms. The van der Waals surface area contributed by atoms with Crippen LogP contribution >= 0.6 is 0 Å². The van der Waals surface area contributed by atoms with E-state index in [0.29, 0.717) is 23.6 Å². The minimum absolute atomic E-state index is 0.0869. The van der Waals surface area contributed by atoms with Crippen molar-refractivity contribution in [2.75, 3.05) is 6.54 Å². The molecule has 5 heteroatoms. The summed E-state index contributed by atoms with van der Waals surface area (Å²) in [5.74, 6) is 1.27. The lowest BCUT2D eigenvalue weighted by Gasteiger charge is -2.29. The summed E-state index contributed by atoms with van der Waals surface area (Å²) >= 11 is 0. The van der Waals surface area contributed by atoms with Crippen molar-refractivity contribution in [3.05, 3.63) is 71.9 Å². The molecule has 0 radical (unpaired) electrons. The number of aromatic nitrogens is 1. The van der Waals surface area contributed by atoms with Gasteiger partial charge >= 0.3 is 0 Å². The van der Waals surface area contributed by atoms with Gasteiger partial charge in [0.25, 0.3) is 5.91 Å². The van der Waals surface area contributed by atoms with Crippen molar-refractivity contribution < 1.29 is 9.53 Å². The Hall–Kier alpha value is -3.39. The van der Waals surface area contributed by atoms with E-state index in [4.69, 9.17) is 10.00 Å². The van der Waals surface area contributed by atoms with Crippen LogP contribution in [0.2, 0.25) is 0 Å².